The Kier molecular flexibility index (Phi) is 3.05. The van der Waals surface area contributed by atoms with E-state index in [4.69, 9.17) is 0 Å². The molecule has 1 aromatic heterocycles. The summed E-state index contributed by atoms with van der Waals surface area (Å²) in [6.45, 7) is 6.63. The van der Waals surface area contributed by atoms with Crippen LogP contribution in [0.15, 0.2) is 0 Å². The van der Waals surface area contributed by atoms with E-state index in [0.717, 1.165) is 26.2 Å². The maximum Gasteiger partial charge on any atom is 0.153 e. The first-order valence-corrected chi connectivity index (χ1v) is 6.93. The summed E-state index contributed by atoms with van der Waals surface area (Å²) in [6, 6.07) is 0. The summed E-state index contributed by atoms with van der Waals surface area (Å²) in [4.78, 5) is 2.43. The van der Waals surface area contributed by atoms with E-state index in [9.17, 15) is 0 Å². The minimum absolute atomic E-state index is 0.711. The number of piperazine rings is 1. The molecule has 0 bridgehead atoms. The van der Waals surface area contributed by atoms with Crippen LogP contribution >= 0.6 is 0 Å². The molecule has 1 saturated heterocycles. The third-order valence-electron chi connectivity index (χ3n) is 4.17. The van der Waals surface area contributed by atoms with E-state index in [-0.39, 0.29) is 0 Å². The Balaban J connectivity index is 1.88. The summed E-state index contributed by atoms with van der Waals surface area (Å²) in [5, 5.41) is 11.3. The molecule has 1 aromatic rings. The lowest BCUT2D eigenvalue weighted by Gasteiger charge is -2.29. The summed E-state index contributed by atoms with van der Waals surface area (Å²) < 4.78 is 0. The van der Waals surface area contributed by atoms with Gasteiger partial charge >= 0.3 is 0 Å². The summed E-state index contributed by atoms with van der Waals surface area (Å²) in [7, 11) is 0. The van der Waals surface area contributed by atoms with Crippen LogP contribution in [-0.2, 0) is 6.42 Å². The van der Waals surface area contributed by atoms with Crippen molar-refractivity contribution in [1.82, 2.24) is 15.5 Å². The molecule has 0 saturated carbocycles. The molecular formula is C13H22N4. The Labute approximate surface area is 103 Å². The largest absolute Gasteiger partial charge is 0.352 e. The van der Waals surface area contributed by atoms with Gasteiger partial charge in [0.2, 0.25) is 0 Å². The van der Waals surface area contributed by atoms with Gasteiger partial charge in [-0.3, -0.25) is 5.10 Å². The first-order chi connectivity index (χ1) is 8.40. The van der Waals surface area contributed by atoms with Gasteiger partial charge in [-0.1, -0.05) is 6.92 Å². The zero-order valence-electron chi connectivity index (χ0n) is 10.6. The summed E-state index contributed by atoms with van der Waals surface area (Å²) in [5.74, 6) is 1.95. The Morgan fingerprint density at radius 3 is 2.94 bits per heavy atom. The van der Waals surface area contributed by atoms with Gasteiger partial charge in [0, 0.05) is 43.4 Å². The molecule has 1 aliphatic heterocycles. The Morgan fingerprint density at radius 1 is 1.35 bits per heavy atom. The van der Waals surface area contributed by atoms with Gasteiger partial charge in [0.05, 0.1) is 0 Å². The van der Waals surface area contributed by atoms with Gasteiger partial charge in [0.1, 0.15) is 0 Å². The van der Waals surface area contributed by atoms with Crippen LogP contribution in [0, 0.1) is 0 Å². The van der Waals surface area contributed by atoms with Crippen molar-refractivity contribution in [2.75, 3.05) is 31.1 Å². The zero-order valence-corrected chi connectivity index (χ0v) is 10.6. The number of hydrogen-bond acceptors (Lipinski definition) is 3. The van der Waals surface area contributed by atoms with Crippen LogP contribution in [-0.4, -0.2) is 36.4 Å². The molecule has 0 amide bonds. The molecule has 2 N–H and O–H groups in total. The van der Waals surface area contributed by atoms with E-state index >= 15 is 0 Å². The molecule has 17 heavy (non-hydrogen) atoms. The Morgan fingerprint density at radius 2 is 2.18 bits per heavy atom. The van der Waals surface area contributed by atoms with E-state index in [0.29, 0.717) is 5.92 Å². The second kappa shape index (κ2) is 4.69. The number of rotatable bonds is 2. The highest BCUT2D eigenvalue weighted by Crippen LogP contribution is 2.36. The van der Waals surface area contributed by atoms with Gasteiger partial charge < -0.3 is 10.2 Å². The van der Waals surface area contributed by atoms with Crippen molar-refractivity contribution < 1.29 is 0 Å². The highest BCUT2D eigenvalue weighted by atomic mass is 15.3. The van der Waals surface area contributed by atoms with Crippen LogP contribution in [0.4, 0.5) is 5.82 Å². The first kappa shape index (κ1) is 11.1. The molecule has 4 heteroatoms. The number of fused-ring (bicyclic) bond motifs is 1. The summed E-state index contributed by atoms with van der Waals surface area (Å²) in [5.41, 5.74) is 2.93. The smallest absolute Gasteiger partial charge is 0.153 e. The maximum atomic E-state index is 4.59. The van der Waals surface area contributed by atoms with Crippen LogP contribution in [0.3, 0.4) is 0 Å². The highest BCUT2D eigenvalue weighted by molar-refractivity contribution is 5.51. The molecular weight excluding hydrogens is 212 g/mol. The second-order valence-corrected chi connectivity index (χ2v) is 5.17. The summed E-state index contributed by atoms with van der Waals surface area (Å²) >= 11 is 0. The fourth-order valence-corrected chi connectivity index (χ4v) is 3.17. The monoisotopic (exact) mass is 234 g/mol. The number of nitrogens with zero attached hydrogens (tertiary/aromatic N) is 2. The van der Waals surface area contributed by atoms with Crippen LogP contribution in [0.2, 0.25) is 0 Å². The minimum atomic E-state index is 0.711. The molecule has 0 aromatic carbocycles. The molecule has 1 atom stereocenters. The van der Waals surface area contributed by atoms with E-state index in [1.54, 1.807) is 0 Å². The number of H-pyrrole nitrogens is 1. The zero-order chi connectivity index (χ0) is 11.7. The number of aromatic nitrogens is 2. The van der Waals surface area contributed by atoms with Crippen LogP contribution in [0.1, 0.15) is 43.4 Å². The molecule has 1 aliphatic carbocycles. The van der Waals surface area contributed by atoms with E-state index < -0.39 is 0 Å². The van der Waals surface area contributed by atoms with Crippen LogP contribution in [0.5, 0.6) is 0 Å². The van der Waals surface area contributed by atoms with E-state index in [1.165, 1.54) is 42.8 Å². The van der Waals surface area contributed by atoms with Crippen LogP contribution < -0.4 is 10.2 Å². The van der Waals surface area contributed by atoms with Crippen molar-refractivity contribution in [3.05, 3.63) is 11.3 Å². The summed E-state index contributed by atoms with van der Waals surface area (Å²) in [6.07, 6.45) is 5.09. The molecule has 3 rings (SSSR count). The first-order valence-electron chi connectivity index (χ1n) is 6.93. The van der Waals surface area contributed by atoms with E-state index in [2.05, 4.69) is 27.3 Å². The van der Waals surface area contributed by atoms with Crippen molar-refractivity contribution in [3.63, 3.8) is 0 Å². The predicted molar refractivity (Wildman–Crippen MR) is 69.6 cm³/mol. The van der Waals surface area contributed by atoms with Crippen molar-refractivity contribution in [2.24, 2.45) is 0 Å². The lowest BCUT2D eigenvalue weighted by atomic mass is 9.86. The number of aromatic amines is 1. The second-order valence-electron chi connectivity index (χ2n) is 5.17. The molecule has 2 heterocycles. The Bertz CT molecular complexity index is 379. The quantitative estimate of drug-likeness (QED) is 0.818. The van der Waals surface area contributed by atoms with Gasteiger partial charge in [-0.25, -0.2) is 0 Å². The molecule has 0 radical (unpaired) electrons. The number of anilines is 1. The maximum absolute atomic E-state index is 4.59. The SMILES string of the molecule is CCC1CCCc2c(N3CCNCC3)n[nH]c21. The van der Waals surface area contributed by atoms with Crippen molar-refractivity contribution in [3.8, 4) is 0 Å². The van der Waals surface area contributed by atoms with Crippen molar-refractivity contribution in [1.29, 1.82) is 0 Å². The molecule has 1 fully saturated rings. The van der Waals surface area contributed by atoms with Gasteiger partial charge in [-0.2, -0.15) is 5.10 Å². The van der Waals surface area contributed by atoms with Gasteiger partial charge in [-0.05, 0) is 25.7 Å². The fourth-order valence-electron chi connectivity index (χ4n) is 3.17. The average molecular weight is 234 g/mol. The number of nitrogens with one attached hydrogen (secondary N) is 2. The third-order valence-corrected chi connectivity index (χ3v) is 4.17. The molecule has 4 nitrogen and oxygen atoms in total. The normalized spacial score (nSPS) is 24.8. The third kappa shape index (κ3) is 1.95. The minimum Gasteiger partial charge on any atom is -0.352 e. The van der Waals surface area contributed by atoms with Gasteiger partial charge in [-0.15, -0.1) is 0 Å². The van der Waals surface area contributed by atoms with Crippen molar-refractivity contribution in [2.45, 2.75) is 38.5 Å². The lowest BCUT2D eigenvalue weighted by Crippen LogP contribution is -2.44. The fraction of sp³-hybridized carbons (Fsp3) is 0.769. The lowest BCUT2D eigenvalue weighted by molar-refractivity contribution is 0.527. The molecule has 0 spiro atoms. The van der Waals surface area contributed by atoms with Gasteiger partial charge in [0.25, 0.3) is 0 Å². The van der Waals surface area contributed by atoms with Crippen molar-refractivity contribution >= 4 is 5.82 Å². The predicted octanol–water partition coefficient (Wildman–Crippen LogP) is 1.65. The highest BCUT2D eigenvalue weighted by Gasteiger charge is 2.26. The molecule has 94 valence electrons. The molecule has 2 aliphatic rings. The van der Waals surface area contributed by atoms with Gasteiger partial charge in [0.15, 0.2) is 5.82 Å². The standard InChI is InChI=1S/C13H22N4/c1-2-10-4-3-5-11-12(10)15-16-13(11)17-8-6-14-7-9-17/h10,14H,2-9H2,1H3,(H,15,16). The molecule has 1 unspecified atom stereocenters. The Hall–Kier alpha value is -1.03. The van der Waals surface area contributed by atoms with Crippen LogP contribution in [0.25, 0.3) is 0 Å². The topological polar surface area (TPSA) is 44.0 Å². The number of hydrogen-bond donors (Lipinski definition) is 2. The van der Waals surface area contributed by atoms with E-state index in [1.807, 2.05) is 0 Å². The average Bonchev–Trinajstić information content (AvgIpc) is 2.83.